The van der Waals surface area contributed by atoms with E-state index in [4.69, 9.17) is 4.74 Å². The summed E-state index contributed by atoms with van der Waals surface area (Å²) in [5.74, 6) is -3.42. The fourth-order valence-corrected chi connectivity index (χ4v) is 2.66. The van der Waals surface area contributed by atoms with Crippen molar-refractivity contribution < 1.29 is 28.7 Å². The Labute approximate surface area is 120 Å². The summed E-state index contributed by atoms with van der Waals surface area (Å²) in [6.07, 6.45) is -1.01. The van der Waals surface area contributed by atoms with Gasteiger partial charge in [0.05, 0.1) is 25.6 Å². The van der Waals surface area contributed by atoms with Crippen LogP contribution >= 0.6 is 0 Å². The van der Waals surface area contributed by atoms with Crippen LogP contribution in [-0.4, -0.2) is 62.3 Å². The van der Waals surface area contributed by atoms with Crippen molar-refractivity contribution in [2.24, 2.45) is 11.8 Å². The van der Waals surface area contributed by atoms with E-state index >= 15 is 0 Å². The van der Waals surface area contributed by atoms with Crippen LogP contribution in [0.15, 0.2) is 0 Å². The molecule has 9 heteroatoms. The molecule has 2 aliphatic heterocycles. The van der Waals surface area contributed by atoms with Gasteiger partial charge in [-0.25, -0.2) is 4.79 Å². The lowest BCUT2D eigenvalue weighted by molar-refractivity contribution is -0.159. The Kier molecular flexibility index (Phi) is 4.41. The molecule has 2 heterocycles. The molecule has 2 N–H and O–H groups in total. The lowest BCUT2D eigenvalue weighted by Crippen LogP contribution is -2.70. The van der Waals surface area contributed by atoms with Crippen molar-refractivity contribution in [3.05, 3.63) is 0 Å². The van der Waals surface area contributed by atoms with Crippen LogP contribution in [0, 0.1) is 11.8 Å². The van der Waals surface area contributed by atoms with Crippen LogP contribution in [0.4, 0.5) is 4.79 Å². The van der Waals surface area contributed by atoms with Gasteiger partial charge in [0, 0.05) is 20.1 Å². The van der Waals surface area contributed by atoms with Gasteiger partial charge in [-0.3, -0.25) is 19.7 Å². The summed E-state index contributed by atoms with van der Waals surface area (Å²) in [5, 5.41) is 4.78. The number of carbonyl (C=O) groups is 4. The molecular weight excluding hydrogens is 282 g/mol. The summed E-state index contributed by atoms with van der Waals surface area (Å²) < 4.78 is 9.56. The minimum atomic E-state index is -0.910. The monoisotopic (exact) mass is 299 g/mol. The second-order valence-electron chi connectivity index (χ2n) is 4.85. The number of esters is 1. The number of urea groups is 1. The SMILES string of the molecule is COCCN1C(=O)NC(=O)C2C(C(=O)OC)CC(=O)NC21. The maximum atomic E-state index is 12.0. The minimum absolute atomic E-state index is 0.145. The van der Waals surface area contributed by atoms with Crippen molar-refractivity contribution >= 4 is 23.8 Å². The van der Waals surface area contributed by atoms with Gasteiger partial charge >= 0.3 is 12.0 Å². The quantitative estimate of drug-likeness (QED) is 0.607. The van der Waals surface area contributed by atoms with Crippen molar-refractivity contribution in [2.75, 3.05) is 27.4 Å². The highest BCUT2D eigenvalue weighted by Crippen LogP contribution is 2.30. The molecule has 2 fully saturated rings. The van der Waals surface area contributed by atoms with E-state index in [0.29, 0.717) is 0 Å². The van der Waals surface area contributed by atoms with E-state index in [-0.39, 0.29) is 19.6 Å². The summed E-state index contributed by atoms with van der Waals surface area (Å²) >= 11 is 0. The first-order chi connectivity index (χ1) is 9.99. The van der Waals surface area contributed by atoms with Crippen molar-refractivity contribution in [3.8, 4) is 0 Å². The van der Waals surface area contributed by atoms with Crippen molar-refractivity contribution in [2.45, 2.75) is 12.6 Å². The van der Waals surface area contributed by atoms with E-state index in [0.717, 1.165) is 0 Å². The van der Waals surface area contributed by atoms with Gasteiger partial charge in [0.15, 0.2) is 0 Å². The molecule has 0 radical (unpaired) electrons. The van der Waals surface area contributed by atoms with E-state index in [1.165, 1.54) is 19.1 Å². The van der Waals surface area contributed by atoms with Gasteiger partial charge in [-0.05, 0) is 0 Å². The summed E-state index contributed by atoms with van der Waals surface area (Å²) in [5.41, 5.74) is 0. The predicted molar refractivity (Wildman–Crippen MR) is 67.7 cm³/mol. The number of imide groups is 1. The number of fused-ring (bicyclic) bond motifs is 1. The zero-order valence-corrected chi connectivity index (χ0v) is 11.8. The van der Waals surface area contributed by atoms with E-state index in [2.05, 4.69) is 15.4 Å². The maximum absolute atomic E-state index is 12.0. The lowest BCUT2D eigenvalue weighted by atomic mass is 9.81. The summed E-state index contributed by atoms with van der Waals surface area (Å²) in [4.78, 5) is 48.8. The van der Waals surface area contributed by atoms with Gasteiger partial charge in [-0.2, -0.15) is 0 Å². The summed E-state index contributed by atoms with van der Waals surface area (Å²) in [7, 11) is 2.67. The largest absolute Gasteiger partial charge is 0.469 e. The molecule has 0 bridgehead atoms. The van der Waals surface area contributed by atoms with Crippen LogP contribution in [0.3, 0.4) is 0 Å². The van der Waals surface area contributed by atoms with Gasteiger partial charge in [0.1, 0.15) is 6.17 Å². The van der Waals surface area contributed by atoms with Crippen LogP contribution in [0.2, 0.25) is 0 Å². The smallest absolute Gasteiger partial charge is 0.325 e. The summed E-state index contributed by atoms with van der Waals surface area (Å²) in [6.45, 7) is 0.425. The zero-order chi connectivity index (χ0) is 15.6. The molecule has 3 atom stereocenters. The molecule has 0 aromatic carbocycles. The third kappa shape index (κ3) is 2.82. The van der Waals surface area contributed by atoms with Gasteiger partial charge < -0.3 is 19.7 Å². The predicted octanol–water partition coefficient (Wildman–Crippen LogP) is -1.56. The number of rotatable bonds is 4. The second kappa shape index (κ2) is 6.08. The Bertz CT molecular complexity index is 480. The molecular formula is C12H17N3O6. The number of amides is 4. The van der Waals surface area contributed by atoms with Gasteiger partial charge in [-0.1, -0.05) is 0 Å². The Morgan fingerprint density at radius 2 is 2.05 bits per heavy atom. The van der Waals surface area contributed by atoms with E-state index < -0.39 is 41.8 Å². The van der Waals surface area contributed by atoms with Crippen LogP contribution < -0.4 is 10.6 Å². The van der Waals surface area contributed by atoms with Crippen LogP contribution in [-0.2, 0) is 23.9 Å². The average molecular weight is 299 g/mol. The second-order valence-corrected chi connectivity index (χ2v) is 4.85. The zero-order valence-electron chi connectivity index (χ0n) is 11.8. The molecule has 0 spiro atoms. The number of hydrogen-bond acceptors (Lipinski definition) is 6. The number of piperidine rings is 1. The summed E-state index contributed by atoms with van der Waals surface area (Å²) in [6, 6.07) is -0.621. The Hall–Kier alpha value is -2.16. The van der Waals surface area contributed by atoms with E-state index in [1.54, 1.807) is 0 Å². The van der Waals surface area contributed by atoms with Gasteiger partial charge in [0.2, 0.25) is 11.8 Å². The van der Waals surface area contributed by atoms with Crippen LogP contribution in [0.1, 0.15) is 6.42 Å². The molecule has 9 nitrogen and oxygen atoms in total. The molecule has 3 unspecified atom stereocenters. The fourth-order valence-electron chi connectivity index (χ4n) is 2.66. The Morgan fingerprint density at radius 1 is 1.33 bits per heavy atom. The standard InChI is InChI=1S/C12H17N3O6/c1-20-4-3-15-9-8(10(17)14-12(15)19)6(11(18)21-2)5-7(16)13-9/h6,8-9H,3-5H2,1-2H3,(H,13,16)(H,14,17,19). The molecule has 2 aliphatic rings. The molecule has 21 heavy (non-hydrogen) atoms. The number of nitrogens with one attached hydrogen (secondary N) is 2. The molecule has 0 aromatic rings. The molecule has 2 saturated heterocycles. The topological polar surface area (TPSA) is 114 Å². The normalized spacial score (nSPS) is 28.6. The van der Waals surface area contributed by atoms with Gasteiger partial charge in [0.25, 0.3) is 0 Å². The number of nitrogens with zero attached hydrogens (tertiary/aromatic N) is 1. The number of methoxy groups -OCH3 is 2. The molecule has 0 saturated carbocycles. The highest BCUT2D eigenvalue weighted by molar-refractivity contribution is 6.02. The van der Waals surface area contributed by atoms with E-state index in [9.17, 15) is 19.2 Å². The Morgan fingerprint density at radius 3 is 2.67 bits per heavy atom. The first kappa shape index (κ1) is 15.2. The van der Waals surface area contributed by atoms with Crippen LogP contribution in [0.5, 0.6) is 0 Å². The van der Waals surface area contributed by atoms with Gasteiger partial charge in [-0.15, -0.1) is 0 Å². The first-order valence-corrected chi connectivity index (χ1v) is 6.47. The molecule has 116 valence electrons. The highest BCUT2D eigenvalue weighted by atomic mass is 16.5. The van der Waals surface area contributed by atoms with Crippen LogP contribution in [0.25, 0.3) is 0 Å². The van der Waals surface area contributed by atoms with Crippen molar-refractivity contribution in [3.63, 3.8) is 0 Å². The van der Waals surface area contributed by atoms with Crippen molar-refractivity contribution in [1.29, 1.82) is 0 Å². The molecule has 0 aliphatic carbocycles. The lowest BCUT2D eigenvalue weighted by Gasteiger charge is -2.45. The molecule has 2 rings (SSSR count). The fraction of sp³-hybridized carbons (Fsp3) is 0.667. The third-order valence-electron chi connectivity index (χ3n) is 3.66. The van der Waals surface area contributed by atoms with Crippen molar-refractivity contribution in [1.82, 2.24) is 15.5 Å². The minimum Gasteiger partial charge on any atom is -0.469 e. The number of ether oxygens (including phenoxy) is 2. The Balaban J connectivity index is 2.29. The average Bonchev–Trinajstić information content (AvgIpc) is 2.45. The first-order valence-electron chi connectivity index (χ1n) is 6.47. The highest BCUT2D eigenvalue weighted by Gasteiger charge is 2.52. The van der Waals surface area contributed by atoms with E-state index in [1.807, 2.05) is 0 Å². The number of carbonyl (C=O) groups excluding carboxylic acids is 4. The third-order valence-corrected chi connectivity index (χ3v) is 3.66. The number of hydrogen-bond donors (Lipinski definition) is 2. The molecule has 4 amide bonds. The maximum Gasteiger partial charge on any atom is 0.325 e. The molecule has 0 aromatic heterocycles.